The minimum Gasteiger partial charge on any atom is -0.245 e. The number of aryl methyl sites for hydroxylation is 1. The molecule has 15 heavy (non-hydrogen) atoms. The first-order chi connectivity index (χ1) is 7.33. The van der Waals surface area contributed by atoms with Crippen LogP contribution in [0.25, 0.3) is 20.8 Å². The molecule has 1 aromatic carbocycles. The van der Waals surface area contributed by atoms with Crippen LogP contribution >= 0.6 is 22.7 Å². The van der Waals surface area contributed by atoms with E-state index in [1.54, 1.807) is 22.7 Å². The summed E-state index contributed by atoms with van der Waals surface area (Å²) < 4.78 is 1.22. The number of rotatable bonds is 1. The second-order valence-corrected chi connectivity index (χ2v) is 5.43. The predicted octanol–water partition coefficient (Wildman–Crippen LogP) is 3.73. The highest BCUT2D eigenvalue weighted by molar-refractivity contribution is 7.17. The topological polar surface area (TPSA) is 25.8 Å². The molecule has 0 bridgehead atoms. The Labute approximate surface area is 95.3 Å². The molecule has 0 N–H and O–H groups in total. The minimum atomic E-state index is 1.07. The Morgan fingerprint density at radius 2 is 2.13 bits per heavy atom. The van der Waals surface area contributed by atoms with Gasteiger partial charge in [-0.25, -0.2) is 9.97 Å². The van der Waals surface area contributed by atoms with Gasteiger partial charge in [-0.2, -0.15) is 0 Å². The summed E-state index contributed by atoms with van der Waals surface area (Å²) in [5.41, 5.74) is 4.13. The Kier molecular flexibility index (Phi) is 2.04. The number of fused-ring (bicyclic) bond motifs is 1. The lowest BCUT2D eigenvalue weighted by molar-refractivity contribution is 1.38. The highest BCUT2D eigenvalue weighted by Gasteiger charge is 2.04. The van der Waals surface area contributed by atoms with E-state index >= 15 is 0 Å². The molecule has 0 atom stereocenters. The molecule has 4 heteroatoms. The maximum atomic E-state index is 4.38. The van der Waals surface area contributed by atoms with Gasteiger partial charge >= 0.3 is 0 Å². The number of thiazole rings is 2. The Morgan fingerprint density at radius 1 is 1.20 bits per heavy atom. The van der Waals surface area contributed by atoms with Crippen LogP contribution in [0, 0.1) is 6.92 Å². The third-order valence-electron chi connectivity index (χ3n) is 2.20. The number of aromatic nitrogens is 2. The van der Waals surface area contributed by atoms with Gasteiger partial charge in [0.05, 0.1) is 15.7 Å². The molecule has 74 valence electrons. The van der Waals surface area contributed by atoms with Crippen LogP contribution in [0.2, 0.25) is 0 Å². The summed E-state index contributed by atoms with van der Waals surface area (Å²) in [7, 11) is 0. The molecule has 0 saturated carbocycles. The molecule has 0 unspecified atom stereocenters. The van der Waals surface area contributed by atoms with Gasteiger partial charge in [0, 0.05) is 16.6 Å². The van der Waals surface area contributed by atoms with Crippen LogP contribution < -0.4 is 0 Å². The molecule has 0 saturated heterocycles. The van der Waals surface area contributed by atoms with Crippen molar-refractivity contribution in [3.8, 4) is 10.6 Å². The zero-order chi connectivity index (χ0) is 10.3. The van der Waals surface area contributed by atoms with Crippen LogP contribution in [0.15, 0.2) is 29.9 Å². The Hall–Kier alpha value is -1.26. The normalized spacial score (nSPS) is 11.0. The Balaban J connectivity index is 2.18. The zero-order valence-corrected chi connectivity index (χ0v) is 9.73. The van der Waals surface area contributed by atoms with E-state index in [1.807, 2.05) is 11.7 Å². The molecule has 0 aliphatic heterocycles. The van der Waals surface area contributed by atoms with Crippen molar-refractivity contribution in [3.05, 3.63) is 34.8 Å². The summed E-state index contributed by atoms with van der Waals surface area (Å²) in [4.78, 5) is 9.88. The second-order valence-electron chi connectivity index (χ2n) is 3.31. The molecule has 2 nitrogen and oxygen atoms in total. The molecule has 0 radical (unpaired) electrons. The lowest BCUT2D eigenvalue weighted by Crippen LogP contribution is -1.74. The third kappa shape index (κ3) is 1.56. The van der Waals surface area contributed by atoms with Gasteiger partial charge in [0.2, 0.25) is 0 Å². The van der Waals surface area contributed by atoms with Crippen LogP contribution in [0.3, 0.4) is 0 Å². The highest BCUT2D eigenvalue weighted by Crippen LogP contribution is 2.28. The van der Waals surface area contributed by atoms with E-state index in [0.717, 1.165) is 10.5 Å². The molecule has 0 spiro atoms. The molecule has 3 rings (SSSR count). The van der Waals surface area contributed by atoms with Crippen LogP contribution in [0.4, 0.5) is 0 Å². The van der Waals surface area contributed by atoms with Gasteiger partial charge in [-0.3, -0.25) is 0 Å². The lowest BCUT2D eigenvalue weighted by atomic mass is 10.2. The van der Waals surface area contributed by atoms with Crippen molar-refractivity contribution in [1.82, 2.24) is 9.97 Å². The molecule has 0 fully saturated rings. The largest absolute Gasteiger partial charge is 0.245 e. The first kappa shape index (κ1) is 9.00. The monoisotopic (exact) mass is 232 g/mol. The molecule has 0 amide bonds. The molecular weight excluding hydrogens is 224 g/mol. The van der Waals surface area contributed by atoms with Gasteiger partial charge < -0.3 is 0 Å². The van der Waals surface area contributed by atoms with E-state index in [0.29, 0.717) is 0 Å². The van der Waals surface area contributed by atoms with Gasteiger partial charge in [-0.05, 0) is 25.1 Å². The molecular formula is C11H8N2S2. The fourth-order valence-electron chi connectivity index (χ4n) is 1.48. The van der Waals surface area contributed by atoms with Crippen molar-refractivity contribution >= 4 is 32.9 Å². The Bertz CT molecular complexity index is 610. The summed E-state index contributed by atoms with van der Waals surface area (Å²) in [5, 5.41) is 1.09. The van der Waals surface area contributed by atoms with Crippen molar-refractivity contribution in [3.63, 3.8) is 0 Å². The fourth-order valence-corrected chi connectivity index (χ4v) is 2.95. The minimum absolute atomic E-state index is 1.07. The zero-order valence-electron chi connectivity index (χ0n) is 8.10. The molecule has 2 heterocycles. The maximum Gasteiger partial charge on any atom is 0.123 e. The average molecular weight is 232 g/mol. The van der Waals surface area contributed by atoms with Gasteiger partial charge in [-0.15, -0.1) is 22.7 Å². The molecule has 3 aromatic rings. The molecule has 0 aliphatic carbocycles. The number of benzene rings is 1. The maximum absolute atomic E-state index is 4.38. The summed E-state index contributed by atoms with van der Waals surface area (Å²) in [6, 6.07) is 6.30. The quantitative estimate of drug-likeness (QED) is 0.639. The van der Waals surface area contributed by atoms with E-state index in [-0.39, 0.29) is 0 Å². The smallest absolute Gasteiger partial charge is 0.123 e. The molecule has 2 aromatic heterocycles. The standard InChI is InChI=1S/C11H8N2S2/c1-7-5-12-11(15-7)8-2-3-9-10(4-8)14-6-13-9/h2-6H,1H3. The van der Waals surface area contributed by atoms with E-state index in [4.69, 9.17) is 0 Å². The van der Waals surface area contributed by atoms with E-state index < -0.39 is 0 Å². The summed E-state index contributed by atoms with van der Waals surface area (Å²) in [5.74, 6) is 0. The number of hydrogen-bond acceptors (Lipinski definition) is 4. The van der Waals surface area contributed by atoms with Gasteiger partial charge in [0.25, 0.3) is 0 Å². The van der Waals surface area contributed by atoms with Gasteiger partial charge in [-0.1, -0.05) is 0 Å². The van der Waals surface area contributed by atoms with Crippen LogP contribution in [-0.4, -0.2) is 9.97 Å². The number of nitrogens with zero attached hydrogens (tertiary/aromatic N) is 2. The average Bonchev–Trinajstić information content (AvgIpc) is 2.84. The van der Waals surface area contributed by atoms with E-state index in [1.165, 1.54) is 15.1 Å². The van der Waals surface area contributed by atoms with E-state index in [2.05, 4.69) is 35.1 Å². The van der Waals surface area contributed by atoms with Crippen molar-refractivity contribution < 1.29 is 0 Å². The van der Waals surface area contributed by atoms with Crippen molar-refractivity contribution in [2.75, 3.05) is 0 Å². The first-order valence-corrected chi connectivity index (χ1v) is 6.28. The fraction of sp³-hybridized carbons (Fsp3) is 0.0909. The summed E-state index contributed by atoms with van der Waals surface area (Å²) >= 11 is 3.39. The van der Waals surface area contributed by atoms with Gasteiger partial charge in [0.1, 0.15) is 5.01 Å². The highest BCUT2D eigenvalue weighted by atomic mass is 32.1. The van der Waals surface area contributed by atoms with Crippen LogP contribution in [0.5, 0.6) is 0 Å². The molecule has 0 aliphatic rings. The van der Waals surface area contributed by atoms with Crippen molar-refractivity contribution in [2.24, 2.45) is 0 Å². The van der Waals surface area contributed by atoms with E-state index in [9.17, 15) is 0 Å². The van der Waals surface area contributed by atoms with Gasteiger partial charge in [0.15, 0.2) is 0 Å². The number of hydrogen-bond donors (Lipinski definition) is 0. The Morgan fingerprint density at radius 3 is 2.93 bits per heavy atom. The van der Waals surface area contributed by atoms with Crippen LogP contribution in [-0.2, 0) is 0 Å². The van der Waals surface area contributed by atoms with Crippen molar-refractivity contribution in [1.29, 1.82) is 0 Å². The second kappa shape index (κ2) is 3.40. The first-order valence-electron chi connectivity index (χ1n) is 4.59. The summed E-state index contributed by atoms with van der Waals surface area (Å²) in [6.07, 6.45) is 1.91. The SMILES string of the molecule is Cc1cnc(-c2ccc3ncsc3c2)s1. The van der Waals surface area contributed by atoms with Crippen molar-refractivity contribution in [2.45, 2.75) is 6.92 Å². The summed E-state index contributed by atoms with van der Waals surface area (Å²) in [6.45, 7) is 2.08. The van der Waals surface area contributed by atoms with Crippen LogP contribution in [0.1, 0.15) is 4.88 Å². The lowest BCUT2D eigenvalue weighted by Gasteiger charge is -1.95. The third-order valence-corrected chi connectivity index (χ3v) is 3.95. The predicted molar refractivity (Wildman–Crippen MR) is 65.5 cm³/mol.